The maximum absolute atomic E-state index is 11.5. The third kappa shape index (κ3) is 2.06. The summed E-state index contributed by atoms with van der Waals surface area (Å²) in [6.07, 6.45) is 0.911. The number of aliphatic hydroxyl groups excluding tert-OH is 1. The van der Waals surface area contributed by atoms with Crippen molar-refractivity contribution >= 4 is 17.6 Å². The van der Waals surface area contributed by atoms with Crippen molar-refractivity contribution in [1.82, 2.24) is 4.90 Å². The molecule has 2 amide bonds. The Bertz CT molecular complexity index is 356. The molecule has 5 heteroatoms. The van der Waals surface area contributed by atoms with E-state index in [2.05, 4.69) is 0 Å². The van der Waals surface area contributed by atoms with Gasteiger partial charge in [0.2, 0.25) is 5.91 Å². The molecule has 1 fully saturated rings. The van der Waals surface area contributed by atoms with E-state index in [1.807, 2.05) is 6.92 Å². The monoisotopic (exact) mass is 211 g/mol. The molecule has 82 valence electrons. The van der Waals surface area contributed by atoms with Crippen molar-refractivity contribution in [2.24, 2.45) is 0 Å². The van der Waals surface area contributed by atoms with Gasteiger partial charge in [0.15, 0.2) is 5.78 Å². The number of hydrogen-bond donors (Lipinski definition) is 1. The second-order valence-corrected chi connectivity index (χ2v) is 3.41. The number of carbonyl (C=O) groups is 3. The second kappa shape index (κ2) is 4.25. The van der Waals surface area contributed by atoms with Crippen molar-refractivity contribution < 1.29 is 19.5 Å². The normalized spacial score (nSPS) is 19.7. The fourth-order valence-electron chi connectivity index (χ4n) is 1.45. The molecule has 1 N–H and O–H groups in total. The molecule has 0 saturated carbocycles. The van der Waals surface area contributed by atoms with E-state index in [1.54, 1.807) is 0 Å². The van der Waals surface area contributed by atoms with Gasteiger partial charge >= 0.3 is 0 Å². The van der Waals surface area contributed by atoms with Crippen LogP contribution < -0.4 is 0 Å². The van der Waals surface area contributed by atoms with Crippen molar-refractivity contribution in [3.05, 3.63) is 11.3 Å². The fraction of sp³-hybridized carbons (Fsp3) is 0.500. The zero-order valence-corrected chi connectivity index (χ0v) is 8.74. The van der Waals surface area contributed by atoms with Gasteiger partial charge in [0.25, 0.3) is 5.91 Å². The highest BCUT2D eigenvalue weighted by Gasteiger charge is 2.38. The predicted molar refractivity (Wildman–Crippen MR) is 52.0 cm³/mol. The first kappa shape index (κ1) is 11.4. The number of carbonyl (C=O) groups excluding carboxylic acids is 3. The second-order valence-electron chi connectivity index (χ2n) is 3.41. The summed E-state index contributed by atoms with van der Waals surface area (Å²) in [6.45, 7) is 2.78. The third-order valence-electron chi connectivity index (χ3n) is 2.20. The van der Waals surface area contributed by atoms with E-state index in [0.29, 0.717) is 6.42 Å². The quantitative estimate of drug-likeness (QED) is 0.411. The zero-order valence-electron chi connectivity index (χ0n) is 8.74. The van der Waals surface area contributed by atoms with Crippen molar-refractivity contribution in [2.45, 2.75) is 26.7 Å². The van der Waals surface area contributed by atoms with E-state index in [0.717, 1.165) is 4.90 Å². The number of imide groups is 1. The molecule has 0 aromatic heterocycles. The molecule has 0 spiro atoms. The smallest absolute Gasteiger partial charge is 0.267 e. The molecule has 0 aromatic rings. The number of allylic oxidation sites excluding steroid dienone is 1. The highest BCUT2D eigenvalue weighted by Crippen LogP contribution is 2.19. The molecule has 1 rings (SSSR count). The lowest BCUT2D eigenvalue weighted by molar-refractivity contribution is -0.139. The number of ketones is 1. The lowest BCUT2D eigenvalue weighted by Gasteiger charge is -2.07. The van der Waals surface area contributed by atoms with Crippen molar-refractivity contribution in [2.75, 3.05) is 6.54 Å². The van der Waals surface area contributed by atoms with Gasteiger partial charge in [-0.15, -0.1) is 0 Å². The number of hydrogen-bond acceptors (Lipinski definition) is 4. The third-order valence-corrected chi connectivity index (χ3v) is 2.20. The Morgan fingerprint density at radius 3 is 2.47 bits per heavy atom. The van der Waals surface area contributed by atoms with Crippen LogP contribution in [0.2, 0.25) is 0 Å². The van der Waals surface area contributed by atoms with E-state index in [4.69, 9.17) is 0 Å². The summed E-state index contributed by atoms with van der Waals surface area (Å²) in [6, 6.07) is 0. The minimum Gasteiger partial charge on any atom is -0.511 e. The topological polar surface area (TPSA) is 74.7 Å². The Kier molecular flexibility index (Phi) is 3.24. The van der Waals surface area contributed by atoms with Crippen molar-refractivity contribution in [3.63, 3.8) is 0 Å². The van der Waals surface area contributed by atoms with Crippen LogP contribution in [0.5, 0.6) is 0 Å². The predicted octanol–water partition coefficient (Wildman–Crippen LogP) is 0.556. The van der Waals surface area contributed by atoms with Gasteiger partial charge in [0.1, 0.15) is 11.3 Å². The Morgan fingerprint density at radius 1 is 1.47 bits per heavy atom. The summed E-state index contributed by atoms with van der Waals surface area (Å²) in [4.78, 5) is 34.7. The largest absolute Gasteiger partial charge is 0.511 e. The Morgan fingerprint density at radius 2 is 2.07 bits per heavy atom. The highest BCUT2D eigenvalue weighted by molar-refractivity contribution is 6.28. The van der Waals surface area contributed by atoms with Crippen molar-refractivity contribution in [1.29, 1.82) is 0 Å². The maximum Gasteiger partial charge on any atom is 0.267 e. The molecule has 0 atom stereocenters. The SMILES string of the molecule is CCC/C(O)=C1\C(=O)CN(C(C)=O)C1=O. The summed E-state index contributed by atoms with van der Waals surface area (Å²) in [7, 11) is 0. The van der Waals surface area contributed by atoms with E-state index < -0.39 is 17.6 Å². The Hall–Kier alpha value is -1.65. The van der Waals surface area contributed by atoms with Crippen LogP contribution in [0.15, 0.2) is 11.3 Å². The molecule has 0 bridgehead atoms. The van der Waals surface area contributed by atoms with Gasteiger partial charge in [-0.25, -0.2) is 0 Å². The summed E-state index contributed by atoms with van der Waals surface area (Å²) in [5.41, 5.74) is -0.230. The Balaban J connectivity index is 3.03. The van der Waals surface area contributed by atoms with Crippen LogP contribution in [-0.2, 0) is 14.4 Å². The molecule has 1 heterocycles. The molecule has 0 aromatic carbocycles. The van der Waals surface area contributed by atoms with Crippen LogP contribution in [0, 0.1) is 0 Å². The van der Waals surface area contributed by atoms with Gasteiger partial charge in [-0.05, 0) is 6.42 Å². The first-order valence-corrected chi connectivity index (χ1v) is 4.76. The molecule has 5 nitrogen and oxygen atoms in total. The molecule has 0 unspecified atom stereocenters. The average molecular weight is 211 g/mol. The fourth-order valence-corrected chi connectivity index (χ4v) is 1.45. The molecule has 1 aliphatic heterocycles. The highest BCUT2D eigenvalue weighted by atomic mass is 16.3. The standard InChI is InChI=1S/C10H13NO4/c1-3-4-7(13)9-8(14)5-11(6(2)12)10(9)15/h13H,3-5H2,1-2H3/b9-7-. The van der Waals surface area contributed by atoms with Gasteiger partial charge < -0.3 is 5.11 Å². The molecule has 1 aliphatic rings. The minimum absolute atomic E-state index is 0.212. The number of rotatable bonds is 2. The summed E-state index contributed by atoms with van der Waals surface area (Å²) in [5, 5.41) is 9.49. The van der Waals surface area contributed by atoms with E-state index in [9.17, 15) is 19.5 Å². The van der Waals surface area contributed by atoms with Gasteiger partial charge in [-0.1, -0.05) is 6.92 Å². The lowest BCUT2D eigenvalue weighted by atomic mass is 10.1. The molecular weight excluding hydrogens is 198 g/mol. The average Bonchev–Trinajstić information content (AvgIpc) is 2.42. The molecule has 1 saturated heterocycles. The molecule has 0 aliphatic carbocycles. The van der Waals surface area contributed by atoms with E-state index in [-0.39, 0.29) is 24.3 Å². The van der Waals surface area contributed by atoms with Gasteiger partial charge in [-0.2, -0.15) is 0 Å². The van der Waals surface area contributed by atoms with Crippen LogP contribution in [0.1, 0.15) is 26.7 Å². The minimum atomic E-state index is -0.682. The molecule has 0 radical (unpaired) electrons. The van der Waals surface area contributed by atoms with E-state index in [1.165, 1.54) is 6.92 Å². The van der Waals surface area contributed by atoms with Gasteiger partial charge in [0.05, 0.1) is 6.54 Å². The molecule has 15 heavy (non-hydrogen) atoms. The van der Waals surface area contributed by atoms with Gasteiger partial charge in [-0.3, -0.25) is 19.3 Å². The molecular formula is C10H13NO4. The Labute approximate surface area is 87.4 Å². The first-order valence-electron chi connectivity index (χ1n) is 4.76. The summed E-state index contributed by atoms with van der Waals surface area (Å²) < 4.78 is 0. The van der Waals surface area contributed by atoms with E-state index >= 15 is 0 Å². The number of nitrogens with zero attached hydrogens (tertiary/aromatic N) is 1. The number of aliphatic hydroxyl groups is 1. The summed E-state index contributed by atoms with van der Waals surface area (Å²) >= 11 is 0. The number of likely N-dealkylation sites (tertiary alicyclic amines) is 1. The van der Waals surface area contributed by atoms with Crippen LogP contribution in [0.4, 0.5) is 0 Å². The van der Waals surface area contributed by atoms with Gasteiger partial charge in [0, 0.05) is 13.3 Å². The van der Waals surface area contributed by atoms with Crippen LogP contribution >= 0.6 is 0 Å². The van der Waals surface area contributed by atoms with Crippen molar-refractivity contribution in [3.8, 4) is 0 Å². The zero-order chi connectivity index (χ0) is 11.6. The number of Topliss-reactive ketones (excluding diaryl/α,β-unsaturated/α-hetero) is 1. The first-order chi connectivity index (χ1) is 6.99. The lowest BCUT2D eigenvalue weighted by Crippen LogP contribution is -2.30. The van der Waals surface area contributed by atoms with Crippen LogP contribution in [0.25, 0.3) is 0 Å². The maximum atomic E-state index is 11.5. The van der Waals surface area contributed by atoms with Crippen LogP contribution in [0.3, 0.4) is 0 Å². The van der Waals surface area contributed by atoms with Crippen LogP contribution in [-0.4, -0.2) is 34.1 Å². The summed E-state index contributed by atoms with van der Waals surface area (Å²) in [5.74, 6) is -1.86. The number of amides is 2.